The smallest absolute Gasteiger partial charge is 0.300 e. The number of halogens is 1. The zero-order valence-corrected chi connectivity index (χ0v) is 19.6. The molecule has 0 fully saturated rings. The summed E-state index contributed by atoms with van der Waals surface area (Å²) in [6.07, 6.45) is 0. The van der Waals surface area contributed by atoms with Crippen molar-refractivity contribution in [1.29, 1.82) is 0 Å². The number of thiophene rings is 1. The highest BCUT2D eigenvalue weighted by Crippen LogP contribution is 2.29. The van der Waals surface area contributed by atoms with E-state index in [4.69, 9.17) is 26.5 Å². The predicted molar refractivity (Wildman–Crippen MR) is 126 cm³/mol. The Balaban J connectivity index is 0.000000960. The van der Waals surface area contributed by atoms with E-state index in [0.717, 1.165) is 34.6 Å². The minimum absolute atomic E-state index is 0.516. The van der Waals surface area contributed by atoms with Gasteiger partial charge in [0.05, 0.1) is 18.0 Å². The van der Waals surface area contributed by atoms with Gasteiger partial charge in [-0.2, -0.15) is 10.2 Å². The van der Waals surface area contributed by atoms with Crippen molar-refractivity contribution >= 4 is 46.0 Å². The average molecular weight is 434 g/mol. The highest BCUT2D eigenvalue weighted by atomic mass is 35.5. The molecular weight excluding hydrogens is 406 g/mol. The lowest BCUT2D eigenvalue weighted by Crippen LogP contribution is -2.09. The summed E-state index contributed by atoms with van der Waals surface area (Å²) in [4.78, 5) is 16.5. The molecule has 1 heterocycles. The third-order valence-corrected chi connectivity index (χ3v) is 5.18. The number of carbonyl (C=O) groups is 1. The van der Waals surface area contributed by atoms with Gasteiger partial charge in [0.2, 0.25) is 0 Å². The van der Waals surface area contributed by atoms with Crippen LogP contribution >= 0.6 is 22.9 Å². The maximum absolute atomic E-state index is 9.00. The summed E-state index contributed by atoms with van der Waals surface area (Å²) >= 11 is 7.87. The van der Waals surface area contributed by atoms with E-state index < -0.39 is 5.97 Å². The molecule has 0 amide bonds. The summed E-state index contributed by atoms with van der Waals surface area (Å²) in [6.45, 7) is 13.9. The minimum Gasteiger partial charge on any atom is -0.481 e. The van der Waals surface area contributed by atoms with Gasteiger partial charge >= 0.3 is 0 Å². The Morgan fingerprint density at radius 3 is 2.00 bits per heavy atom. The zero-order chi connectivity index (χ0) is 22.1. The van der Waals surface area contributed by atoms with Crippen LogP contribution in [-0.2, 0) is 4.79 Å². The van der Waals surface area contributed by atoms with Crippen molar-refractivity contribution in [3.63, 3.8) is 0 Å². The molecular formula is C22H28ClN3O2S. The second-order valence-corrected chi connectivity index (χ2v) is 8.65. The topological polar surface area (TPSA) is 74.4 Å². The number of aliphatic carboxylic acids is 1. The van der Waals surface area contributed by atoms with E-state index in [1.807, 2.05) is 56.4 Å². The number of rotatable bonds is 5. The van der Waals surface area contributed by atoms with Gasteiger partial charge < -0.3 is 5.11 Å². The van der Waals surface area contributed by atoms with Crippen molar-refractivity contribution < 1.29 is 9.90 Å². The molecule has 29 heavy (non-hydrogen) atoms. The largest absolute Gasteiger partial charge is 0.481 e. The third kappa shape index (κ3) is 8.30. The number of benzene rings is 1. The van der Waals surface area contributed by atoms with Crippen LogP contribution in [0.5, 0.6) is 0 Å². The van der Waals surface area contributed by atoms with Crippen molar-refractivity contribution in [3.05, 3.63) is 55.7 Å². The molecule has 2 rings (SSSR count). The van der Waals surface area contributed by atoms with Gasteiger partial charge in [-0.15, -0.1) is 11.3 Å². The maximum atomic E-state index is 9.00. The molecule has 5 nitrogen and oxygen atoms in total. The lowest BCUT2D eigenvalue weighted by atomic mass is 9.98. The molecule has 2 aromatic rings. The number of hydrogen-bond donors (Lipinski definition) is 1. The Kier molecular flexibility index (Phi) is 9.92. The van der Waals surface area contributed by atoms with Crippen molar-refractivity contribution in [2.45, 2.75) is 48.5 Å². The fourth-order valence-electron chi connectivity index (χ4n) is 2.47. The van der Waals surface area contributed by atoms with E-state index in [-0.39, 0.29) is 0 Å². The van der Waals surface area contributed by atoms with Crippen molar-refractivity contribution in [1.82, 2.24) is 0 Å². The number of carboxylic acids is 1. The van der Waals surface area contributed by atoms with Crippen LogP contribution in [0.25, 0.3) is 0 Å². The van der Waals surface area contributed by atoms with Crippen LogP contribution in [0.1, 0.15) is 54.1 Å². The van der Waals surface area contributed by atoms with Gasteiger partial charge in [0.1, 0.15) is 0 Å². The van der Waals surface area contributed by atoms with Gasteiger partial charge in [0.15, 0.2) is 0 Å². The summed E-state index contributed by atoms with van der Waals surface area (Å²) < 4.78 is 0. The molecule has 0 bridgehead atoms. The molecule has 7 heteroatoms. The molecule has 156 valence electrons. The van der Waals surface area contributed by atoms with Gasteiger partial charge in [0, 0.05) is 38.5 Å². The van der Waals surface area contributed by atoms with E-state index in [9.17, 15) is 0 Å². The number of hydrogen-bond acceptors (Lipinski definition) is 5. The van der Waals surface area contributed by atoms with Crippen molar-refractivity contribution in [2.24, 2.45) is 15.2 Å². The second kappa shape index (κ2) is 11.6. The fraction of sp³-hybridized carbons (Fsp3) is 0.364. The standard InChI is InChI=1S/C20H24ClN3S.C2H4O2/c1-12(2)23-24-13(3)11-22-20(17-7-9-18(21)10-8-17)19-14(4)15(5)25-16(19)6;1-2(3)4/h7-10H,11H2,1-6H3;1H3,(H,3,4)/b22-20?,24-13+;. The minimum atomic E-state index is -0.833. The van der Waals surface area contributed by atoms with Crippen LogP contribution in [-0.4, -0.2) is 34.8 Å². The summed E-state index contributed by atoms with van der Waals surface area (Å²) in [5, 5.41) is 16.5. The van der Waals surface area contributed by atoms with Crippen LogP contribution in [0.3, 0.4) is 0 Å². The van der Waals surface area contributed by atoms with Gasteiger partial charge in [-0.3, -0.25) is 9.79 Å². The third-order valence-electron chi connectivity index (χ3n) is 3.80. The second-order valence-electron chi connectivity index (χ2n) is 6.79. The van der Waals surface area contributed by atoms with E-state index in [1.54, 1.807) is 0 Å². The summed E-state index contributed by atoms with van der Waals surface area (Å²) in [7, 11) is 0. The summed E-state index contributed by atoms with van der Waals surface area (Å²) in [6, 6.07) is 7.85. The lowest BCUT2D eigenvalue weighted by molar-refractivity contribution is -0.134. The molecule has 0 radical (unpaired) electrons. The molecule has 0 atom stereocenters. The first-order chi connectivity index (χ1) is 13.5. The molecule has 1 aromatic heterocycles. The fourth-order valence-corrected chi connectivity index (χ4v) is 3.67. The Labute approximate surface area is 181 Å². The first kappa shape index (κ1) is 24.7. The maximum Gasteiger partial charge on any atom is 0.300 e. The van der Waals surface area contributed by atoms with Crippen molar-refractivity contribution in [2.75, 3.05) is 6.54 Å². The average Bonchev–Trinajstić information content (AvgIpc) is 2.87. The molecule has 0 spiro atoms. The van der Waals surface area contributed by atoms with E-state index in [1.165, 1.54) is 20.9 Å². The molecule has 1 N–H and O–H groups in total. The molecule has 0 aliphatic carbocycles. The van der Waals surface area contributed by atoms with Gasteiger partial charge in [0.25, 0.3) is 5.97 Å². The SMILES string of the molecule is CC(=O)O.CC(C)=N/N=C(\C)CN=C(c1ccc(Cl)cc1)c1c(C)sc(C)c1C. The van der Waals surface area contributed by atoms with Crippen LogP contribution in [0, 0.1) is 20.8 Å². The van der Waals surface area contributed by atoms with Crippen LogP contribution in [0.15, 0.2) is 39.5 Å². The molecule has 0 saturated carbocycles. The Bertz CT molecular complexity index is 934. The summed E-state index contributed by atoms with van der Waals surface area (Å²) in [5.74, 6) is -0.833. The number of aliphatic imine (C=N–C) groups is 1. The van der Waals surface area contributed by atoms with Gasteiger partial charge in [-0.25, -0.2) is 0 Å². The lowest BCUT2D eigenvalue weighted by Gasteiger charge is -2.10. The molecule has 0 unspecified atom stereocenters. The van der Waals surface area contributed by atoms with Crippen LogP contribution in [0.2, 0.25) is 5.02 Å². The highest BCUT2D eigenvalue weighted by molar-refractivity contribution is 7.12. The predicted octanol–water partition coefficient (Wildman–Crippen LogP) is 6.11. The summed E-state index contributed by atoms with van der Waals surface area (Å²) in [5.41, 5.74) is 6.37. The van der Waals surface area contributed by atoms with Crippen LogP contribution in [0.4, 0.5) is 0 Å². The van der Waals surface area contributed by atoms with E-state index in [0.29, 0.717) is 6.54 Å². The van der Waals surface area contributed by atoms with Crippen molar-refractivity contribution in [3.8, 4) is 0 Å². The first-order valence-corrected chi connectivity index (χ1v) is 10.3. The Morgan fingerprint density at radius 1 is 1.00 bits per heavy atom. The van der Waals surface area contributed by atoms with Gasteiger partial charge in [-0.1, -0.05) is 23.7 Å². The number of nitrogens with zero attached hydrogens (tertiary/aromatic N) is 3. The number of carboxylic acid groups (broad SMARTS) is 1. The quantitative estimate of drug-likeness (QED) is 0.456. The normalized spacial score (nSPS) is 11.6. The van der Waals surface area contributed by atoms with Gasteiger partial charge in [-0.05, 0) is 59.2 Å². The van der Waals surface area contributed by atoms with E-state index >= 15 is 0 Å². The number of aryl methyl sites for hydroxylation is 2. The van der Waals surface area contributed by atoms with Crippen LogP contribution < -0.4 is 0 Å². The Hall–Kier alpha value is -2.31. The first-order valence-electron chi connectivity index (χ1n) is 9.14. The Morgan fingerprint density at radius 2 is 1.55 bits per heavy atom. The monoisotopic (exact) mass is 433 g/mol. The highest BCUT2D eigenvalue weighted by Gasteiger charge is 2.16. The zero-order valence-electron chi connectivity index (χ0n) is 18.0. The van der Waals surface area contributed by atoms with E-state index in [2.05, 4.69) is 31.0 Å². The molecule has 1 aromatic carbocycles. The molecule has 0 aliphatic rings. The molecule has 0 saturated heterocycles. The molecule has 0 aliphatic heterocycles.